The van der Waals surface area contributed by atoms with E-state index < -0.39 is 0 Å². The highest BCUT2D eigenvalue weighted by Crippen LogP contribution is 2.54. The normalized spacial score (nSPS) is 22.3. The van der Waals surface area contributed by atoms with Crippen molar-refractivity contribution in [2.24, 2.45) is 11.3 Å². The third-order valence-electron chi connectivity index (χ3n) is 7.85. The van der Waals surface area contributed by atoms with Crippen LogP contribution in [0.25, 0.3) is 0 Å². The molecule has 0 amide bonds. The van der Waals surface area contributed by atoms with Gasteiger partial charge in [0.1, 0.15) is 0 Å². The van der Waals surface area contributed by atoms with Crippen LogP contribution in [-0.4, -0.2) is 0 Å². The van der Waals surface area contributed by atoms with E-state index in [-0.39, 0.29) is 0 Å². The number of hydrogen-bond donors (Lipinski definition) is 0. The van der Waals surface area contributed by atoms with E-state index >= 15 is 0 Å². The standard InChI is InChI=1S/C26H50/c1-2-3-4-5-6-7-8-9-10-11-12-13-14-16-20-25-21-19-24-26(25)22-17-15-18-23-26/h25H,2-24H2,1H3. The fourth-order valence-electron chi connectivity index (χ4n) is 6.16. The summed E-state index contributed by atoms with van der Waals surface area (Å²) in [5.41, 5.74) is 0.828. The van der Waals surface area contributed by atoms with Gasteiger partial charge in [0.15, 0.2) is 0 Å². The quantitative estimate of drug-likeness (QED) is 0.254. The summed E-state index contributed by atoms with van der Waals surface area (Å²) in [6, 6.07) is 0. The van der Waals surface area contributed by atoms with Crippen molar-refractivity contribution in [1.29, 1.82) is 0 Å². The minimum absolute atomic E-state index is 0.828. The molecule has 0 bridgehead atoms. The summed E-state index contributed by atoms with van der Waals surface area (Å²) >= 11 is 0. The van der Waals surface area contributed by atoms with E-state index in [4.69, 9.17) is 0 Å². The molecule has 0 heteroatoms. The second-order valence-electron chi connectivity index (χ2n) is 9.90. The molecule has 2 saturated carbocycles. The highest BCUT2D eigenvalue weighted by Gasteiger charge is 2.42. The second kappa shape index (κ2) is 14.1. The van der Waals surface area contributed by atoms with Crippen LogP contribution in [0.15, 0.2) is 0 Å². The Hall–Kier alpha value is 0. The van der Waals surface area contributed by atoms with Gasteiger partial charge in [-0.25, -0.2) is 0 Å². The van der Waals surface area contributed by atoms with Gasteiger partial charge in [-0.05, 0) is 43.4 Å². The van der Waals surface area contributed by atoms with Gasteiger partial charge in [0.2, 0.25) is 0 Å². The van der Waals surface area contributed by atoms with Crippen molar-refractivity contribution in [2.75, 3.05) is 0 Å². The summed E-state index contributed by atoms with van der Waals surface area (Å²) in [5.74, 6) is 1.11. The molecular weight excluding hydrogens is 312 g/mol. The first kappa shape index (κ1) is 22.3. The molecule has 2 fully saturated rings. The van der Waals surface area contributed by atoms with Gasteiger partial charge in [-0.1, -0.05) is 122 Å². The molecule has 0 radical (unpaired) electrons. The van der Waals surface area contributed by atoms with Gasteiger partial charge in [0.25, 0.3) is 0 Å². The summed E-state index contributed by atoms with van der Waals surface area (Å²) in [6.07, 6.45) is 34.8. The van der Waals surface area contributed by atoms with Gasteiger partial charge in [-0.3, -0.25) is 0 Å². The van der Waals surface area contributed by atoms with Gasteiger partial charge in [0.05, 0.1) is 0 Å². The SMILES string of the molecule is CCCCCCCCCCCCCCCCC1CCCC12CCCCC2. The average Bonchev–Trinajstić information content (AvgIpc) is 3.04. The van der Waals surface area contributed by atoms with Crippen LogP contribution in [0.5, 0.6) is 0 Å². The predicted octanol–water partition coefficient (Wildman–Crippen LogP) is 9.61. The molecule has 0 aromatic heterocycles. The first-order valence-electron chi connectivity index (χ1n) is 12.9. The molecule has 26 heavy (non-hydrogen) atoms. The van der Waals surface area contributed by atoms with E-state index in [1.807, 2.05) is 0 Å². The smallest absolute Gasteiger partial charge is 0.0269 e. The first-order valence-corrected chi connectivity index (χ1v) is 12.9. The van der Waals surface area contributed by atoms with Gasteiger partial charge in [-0.15, -0.1) is 0 Å². The van der Waals surface area contributed by atoms with Crippen molar-refractivity contribution >= 4 is 0 Å². The lowest BCUT2D eigenvalue weighted by Gasteiger charge is -2.39. The van der Waals surface area contributed by atoms with Crippen LogP contribution in [0.2, 0.25) is 0 Å². The number of hydrogen-bond acceptors (Lipinski definition) is 0. The molecule has 2 aliphatic rings. The summed E-state index contributed by atoms with van der Waals surface area (Å²) in [5, 5.41) is 0. The molecule has 2 rings (SSSR count). The fraction of sp³-hybridized carbons (Fsp3) is 1.00. The fourth-order valence-corrected chi connectivity index (χ4v) is 6.16. The third kappa shape index (κ3) is 8.35. The lowest BCUT2D eigenvalue weighted by atomic mass is 9.66. The van der Waals surface area contributed by atoms with E-state index in [0.29, 0.717) is 0 Å². The lowest BCUT2D eigenvalue weighted by molar-refractivity contribution is 0.119. The monoisotopic (exact) mass is 362 g/mol. The summed E-state index contributed by atoms with van der Waals surface area (Å²) in [4.78, 5) is 0. The predicted molar refractivity (Wildman–Crippen MR) is 118 cm³/mol. The van der Waals surface area contributed by atoms with E-state index in [1.54, 1.807) is 38.5 Å². The van der Waals surface area contributed by atoms with Crippen LogP contribution in [0.3, 0.4) is 0 Å². The molecular formula is C26H50. The number of unbranched alkanes of at least 4 members (excludes halogenated alkanes) is 13. The van der Waals surface area contributed by atoms with Crippen LogP contribution in [-0.2, 0) is 0 Å². The zero-order valence-corrected chi connectivity index (χ0v) is 18.3. The Morgan fingerprint density at radius 3 is 1.54 bits per heavy atom. The van der Waals surface area contributed by atoms with Gasteiger partial charge in [-0.2, -0.15) is 0 Å². The molecule has 0 aromatic carbocycles. The van der Waals surface area contributed by atoms with Crippen molar-refractivity contribution in [2.45, 2.75) is 155 Å². The van der Waals surface area contributed by atoms with Crippen LogP contribution in [0.1, 0.15) is 155 Å². The maximum Gasteiger partial charge on any atom is -0.0269 e. The Kier molecular flexibility index (Phi) is 12.1. The molecule has 0 aromatic rings. The molecule has 2 aliphatic carbocycles. The Labute approximate surface area is 166 Å². The molecule has 1 atom stereocenters. The maximum absolute atomic E-state index is 2.31. The van der Waals surface area contributed by atoms with Crippen molar-refractivity contribution in [3.05, 3.63) is 0 Å². The molecule has 0 heterocycles. The Bertz CT molecular complexity index is 312. The molecule has 0 saturated heterocycles. The highest BCUT2D eigenvalue weighted by molar-refractivity contribution is 4.93. The Balaban J connectivity index is 1.35. The van der Waals surface area contributed by atoms with E-state index in [2.05, 4.69) is 6.92 Å². The Morgan fingerprint density at radius 2 is 1.00 bits per heavy atom. The Morgan fingerprint density at radius 1 is 0.538 bits per heavy atom. The van der Waals surface area contributed by atoms with Crippen LogP contribution in [0, 0.1) is 11.3 Å². The van der Waals surface area contributed by atoms with Crippen molar-refractivity contribution in [3.8, 4) is 0 Å². The molecule has 1 unspecified atom stereocenters. The van der Waals surface area contributed by atoms with Crippen LogP contribution < -0.4 is 0 Å². The molecule has 0 aliphatic heterocycles. The van der Waals surface area contributed by atoms with Crippen molar-refractivity contribution in [1.82, 2.24) is 0 Å². The molecule has 0 N–H and O–H groups in total. The van der Waals surface area contributed by atoms with E-state index in [0.717, 1.165) is 11.3 Å². The van der Waals surface area contributed by atoms with Crippen molar-refractivity contribution < 1.29 is 0 Å². The summed E-state index contributed by atoms with van der Waals surface area (Å²) in [7, 11) is 0. The van der Waals surface area contributed by atoms with Crippen LogP contribution >= 0.6 is 0 Å². The largest absolute Gasteiger partial charge is 0.0654 e. The molecule has 154 valence electrons. The van der Waals surface area contributed by atoms with E-state index in [9.17, 15) is 0 Å². The minimum Gasteiger partial charge on any atom is -0.0654 e. The lowest BCUT2D eigenvalue weighted by Crippen LogP contribution is -2.28. The minimum atomic E-state index is 0.828. The van der Waals surface area contributed by atoms with E-state index in [1.165, 1.54) is 109 Å². The molecule has 0 nitrogen and oxygen atoms in total. The number of rotatable bonds is 15. The highest BCUT2D eigenvalue weighted by atomic mass is 14.5. The van der Waals surface area contributed by atoms with Gasteiger partial charge in [0, 0.05) is 0 Å². The topological polar surface area (TPSA) is 0 Å². The zero-order valence-electron chi connectivity index (χ0n) is 18.3. The first-order chi connectivity index (χ1) is 12.9. The zero-order chi connectivity index (χ0) is 18.3. The van der Waals surface area contributed by atoms with Crippen molar-refractivity contribution in [3.63, 3.8) is 0 Å². The van der Waals surface area contributed by atoms with Gasteiger partial charge < -0.3 is 0 Å². The van der Waals surface area contributed by atoms with Crippen LogP contribution in [0.4, 0.5) is 0 Å². The summed E-state index contributed by atoms with van der Waals surface area (Å²) in [6.45, 7) is 2.31. The maximum atomic E-state index is 2.31. The van der Waals surface area contributed by atoms with Gasteiger partial charge >= 0.3 is 0 Å². The average molecular weight is 363 g/mol. The molecule has 1 spiro atoms. The second-order valence-corrected chi connectivity index (χ2v) is 9.90. The summed E-state index contributed by atoms with van der Waals surface area (Å²) < 4.78 is 0. The third-order valence-corrected chi connectivity index (χ3v) is 7.85.